The van der Waals surface area contributed by atoms with Gasteiger partial charge < -0.3 is 9.47 Å². The Morgan fingerprint density at radius 3 is 2.68 bits per heavy atom. The van der Waals surface area contributed by atoms with E-state index in [0.29, 0.717) is 35.5 Å². The van der Waals surface area contributed by atoms with E-state index in [1.54, 1.807) is 12.1 Å². The molecule has 2 N–H and O–H groups in total. The Kier molecular flexibility index (Phi) is 5.12. The normalized spacial score (nSPS) is 15.5. The first-order valence-corrected chi connectivity index (χ1v) is 12.1. The second-order valence-corrected chi connectivity index (χ2v) is 9.85. The number of aromatic nitrogens is 1. The van der Waals surface area contributed by atoms with E-state index in [0.717, 1.165) is 18.4 Å². The van der Waals surface area contributed by atoms with Gasteiger partial charge in [0.25, 0.3) is 5.91 Å². The molecule has 31 heavy (non-hydrogen) atoms. The van der Waals surface area contributed by atoms with Crippen molar-refractivity contribution in [2.45, 2.75) is 23.8 Å². The SMILES string of the molecule is O=C(Nc1nc(-c2ccc3c(c2)OCCO3)cs1)c1cccc(S(=O)(=O)NC2CC2)c1. The molecule has 5 rings (SSSR count). The second-order valence-electron chi connectivity index (χ2n) is 7.27. The molecule has 0 spiro atoms. The monoisotopic (exact) mass is 457 g/mol. The van der Waals surface area contributed by atoms with Crippen molar-refractivity contribution in [3.8, 4) is 22.8 Å². The molecule has 1 aliphatic carbocycles. The Hall–Kier alpha value is -2.95. The number of anilines is 1. The van der Waals surface area contributed by atoms with Gasteiger partial charge in [0.2, 0.25) is 10.0 Å². The third kappa shape index (κ3) is 4.41. The molecule has 10 heteroatoms. The number of thiazole rings is 1. The standard InChI is InChI=1S/C21H19N3O5S2/c25-20(14-2-1-3-16(10-14)31(26,27)24-15-5-6-15)23-21-22-17(12-30-21)13-4-7-18-19(11-13)29-9-8-28-18/h1-4,7,10-12,15,24H,5-6,8-9H2,(H,22,23,25). The Morgan fingerprint density at radius 1 is 1.06 bits per heavy atom. The molecule has 0 radical (unpaired) electrons. The predicted molar refractivity (Wildman–Crippen MR) is 116 cm³/mol. The third-order valence-corrected chi connectivity index (χ3v) is 7.14. The summed E-state index contributed by atoms with van der Waals surface area (Å²) in [5, 5.41) is 4.99. The van der Waals surface area contributed by atoms with Crippen LogP contribution in [-0.2, 0) is 10.0 Å². The first-order chi connectivity index (χ1) is 15.0. The van der Waals surface area contributed by atoms with Gasteiger partial charge in [-0.25, -0.2) is 18.1 Å². The van der Waals surface area contributed by atoms with Crippen LogP contribution in [-0.4, -0.2) is 38.6 Å². The van der Waals surface area contributed by atoms with Crippen LogP contribution in [0.15, 0.2) is 52.7 Å². The van der Waals surface area contributed by atoms with Gasteiger partial charge in [-0.1, -0.05) is 6.07 Å². The number of fused-ring (bicyclic) bond motifs is 1. The maximum atomic E-state index is 12.7. The fourth-order valence-electron chi connectivity index (χ4n) is 3.13. The lowest BCUT2D eigenvalue weighted by Gasteiger charge is -2.18. The van der Waals surface area contributed by atoms with E-state index in [1.807, 2.05) is 23.6 Å². The highest BCUT2D eigenvalue weighted by Gasteiger charge is 2.28. The van der Waals surface area contributed by atoms with Crippen LogP contribution in [0.1, 0.15) is 23.2 Å². The zero-order chi connectivity index (χ0) is 21.4. The van der Waals surface area contributed by atoms with Crippen molar-refractivity contribution >= 4 is 32.4 Å². The molecule has 1 amide bonds. The van der Waals surface area contributed by atoms with Gasteiger partial charge in [0, 0.05) is 22.5 Å². The predicted octanol–water partition coefficient (Wildman–Crippen LogP) is 3.27. The third-order valence-electron chi connectivity index (χ3n) is 4.87. The fraction of sp³-hybridized carbons (Fsp3) is 0.238. The van der Waals surface area contributed by atoms with Crippen LogP contribution in [0.4, 0.5) is 5.13 Å². The number of ether oxygens (including phenoxy) is 2. The zero-order valence-corrected chi connectivity index (χ0v) is 18.0. The molecule has 0 saturated heterocycles. The molecule has 160 valence electrons. The maximum absolute atomic E-state index is 12.7. The van der Waals surface area contributed by atoms with Gasteiger partial charge in [-0.2, -0.15) is 0 Å². The largest absolute Gasteiger partial charge is 0.486 e. The lowest BCUT2D eigenvalue weighted by Crippen LogP contribution is -2.26. The van der Waals surface area contributed by atoms with Crippen molar-refractivity contribution in [2.24, 2.45) is 0 Å². The number of amides is 1. The van der Waals surface area contributed by atoms with Crippen LogP contribution in [0, 0.1) is 0 Å². The number of nitrogens with zero attached hydrogens (tertiary/aromatic N) is 1. The van der Waals surface area contributed by atoms with Gasteiger partial charge in [-0.3, -0.25) is 10.1 Å². The highest BCUT2D eigenvalue weighted by Crippen LogP contribution is 2.35. The van der Waals surface area contributed by atoms with Crippen LogP contribution < -0.4 is 19.5 Å². The van der Waals surface area contributed by atoms with Gasteiger partial charge in [-0.15, -0.1) is 11.3 Å². The summed E-state index contributed by atoms with van der Waals surface area (Å²) in [7, 11) is -3.63. The average molecular weight is 458 g/mol. The van der Waals surface area contributed by atoms with Gasteiger partial charge >= 0.3 is 0 Å². The number of hydrogen-bond donors (Lipinski definition) is 2. The number of carbonyl (C=O) groups excluding carboxylic acids is 1. The van der Waals surface area contributed by atoms with Crippen LogP contribution in [0.5, 0.6) is 11.5 Å². The first kappa shape index (κ1) is 20.0. The first-order valence-electron chi connectivity index (χ1n) is 9.77. The maximum Gasteiger partial charge on any atom is 0.257 e. The molecule has 1 saturated carbocycles. The van der Waals surface area contributed by atoms with E-state index in [-0.39, 0.29) is 16.5 Å². The molecule has 8 nitrogen and oxygen atoms in total. The van der Waals surface area contributed by atoms with Gasteiger partial charge in [0.1, 0.15) is 13.2 Å². The van der Waals surface area contributed by atoms with E-state index >= 15 is 0 Å². The summed E-state index contributed by atoms with van der Waals surface area (Å²) < 4.78 is 38.6. The van der Waals surface area contributed by atoms with Crippen molar-refractivity contribution in [2.75, 3.05) is 18.5 Å². The molecule has 0 bridgehead atoms. The second kappa shape index (κ2) is 7.95. The minimum atomic E-state index is -3.63. The van der Waals surface area contributed by atoms with E-state index < -0.39 is 15.9 Å². The van der Waals surface area contributed by atoms with Crippen molar-refractivity contribution < 1.29 is 22.7 Å². The molecule has 1 aliphatic heterocycles. The molecule has 1 fully saturated rings. The van der Waals surface area contributed by atoms with Crippen molar-refractivity contribution in [3.63, 3.8) is 0 Å². The molecule has 3 aromatic rings. The molecule has 2 aromatic carbocycles. The Bertz CT molecular complexity index is 1250. The quantitative estimate of drug-likeness (QED) is 0.588. The van der Waals surface area contributed by atoms with Gasteiger partial charge in [0.05, 0.1) is 10.6 Å². The lowest BCUT2D eigenvalue weighted by atomic mass is 10.1. The molecular weight excluding hydrogens is 438 g/mol. The summed E-state index contributed by atoms with van der Waals surface area (Å²) in [5.41, 5.74) is 1.79. The molecule has 0 unspecified atom stereocenters. The molecule has 0 atom stereocenters. The minimum Gasteiger partial charge on any atom is -0.486 e. The molecule has 2 heterocycles. The zero-order valence-electron chi connectivity index (χ0n) is 16.3. The number of rotatable bonds is 6. The summed E-state index contributed by atoms with van der Waals surface area (Å²) in [4.78, 5) is 17.2. The fourth-order valence-corrected chi connectivity index (χ4v) is 5.19. The molecule has 2 aliphatic rings. The van der Waals surface area contributed by atoms with Gasteiger partial charge in [-0.05, 0) is 49.2 Å². The smallest absolute Gasteiger partial charge is 0.257 e. The number of nitrogens with one attached hydrogen (secondary N) is 2. The summed E-state index contributed by atoms with van der Waals surface area (Å²) in [6.45, 7) is 1.03. The van der Waals surface area contributed by atoms with E-state index in [9.17, 15) is 13.2 Å². The van der Waals surface area contributed by atoms with Crippen LogP contribution in [0.2, 0.25) is 0 Å². The summed E-state index contributed by atoms with van der Waals surface area (Å²) >= 11 is 1.29. The number of hydrogen-bond acceptors (Lipinski definition) is 7. The summed E-state index contributed by atoms with van der Waals surface area (Å²) in [6, 6.07) is 11.5. The van der Waals surface area contributed by atoms with Crippen LogP contribution in [0.25, 0.3) is 11.3 Å². The average Bonchev–Trinajstić information content (AvgIpc) is 3.46. The van der Waals surface area contributed by atoms with E-state index in [2.05, 4.69) is 15.0 Å². The highest BCUT2D eigenvalue weighted by atomic mass is 32.2. The number of benzene rings is 2. The van der Waals surface area contributed by atoms with Crippen LogP contribution >= 0.6 is 11.3 Å². The summed E-state index contributed by atoms with van der Waals surface area (Å²) in [5.74, 6) is 0.941. The van der Waals surface area contributed by atoms with Crippen molar-refractivity contribution in [1.29, 1.82) is 0 Å². The lowest BCUT2D eigenvalue weighted by molar-refractivity contribution is 0.102. The number of sulfonamides is 1. The van der Waals surface area contributed by atoms with Crippen molar-refractivity contribution in [1.82, 2.24) is 9.71 Å². The topological polar surface area (TPSA) is 107 Å². The Morgan fingerprint density at radius 2 is 1.87 bits per heavy atom. The Balaban J connectivity index is 1.31. The minimum absolute atomic E-state index is 0.00298. The van der Waals surface area contributed by atoms with E-state index in [1.165, 1.54) is 23.5 Å². The molecular formula is C21H19N3O5S2. The highest BCUT2D eigenvalue weighted by molar-refractivity contribution is 7.89. The molecule has 1 aromatic heterocycles. The van der Waals surface area contributed by atoms with Gasteiger partial charge in [0.15, 0.2) is 16.6 Å². The van der Waals surface area contributed by atoms with Crippen molar-refractivity contribution in [3.05, 3.63) is 53.4 Å². The Labute approximate surface area is 183 Å². The van der Waals surface area contributed by atoms with Crippen LogP contribution in [0.3, 0.4) is 0 Å². The number of carbonyl (C=O) groups is 1. The van der Waals surface area contributed by atoms with E-state index in [4.69, 9.17) is 9.47 Å². The summed E-state index contributed by atoms with van der Waals surface area (Å²) in [6.07, 6.45) is 1.68.